The lowest BCUT2D eigenvalue weighted by atomic mass is 10.2. The molecule has 0 radical (unpaired) electrons. The number of rotatable bonds is 4. The fourth-order valence-corrected chi connectivity index (χ4v) is 2.26. The molecule has 1 amide bonds. The van der Waals surface area contributed by atoms with Crippen molar-refractivity contribution in [3.05, 3.63) is 57.5 Å². The molecular formula is C15H11BrClN3O. The minimum absolute atomic E-state index is 0.0567. The Morgan fingerprint density at radius 3 is 2.81 bits per heavy atom. The number of amides is 1. The first kappa shape index (κ1) is 15.4. The fraction of sp³-hybridized carbons (Fsp3) is 0.0667. The summed E-state index contributed by atoms with van der Waals surface area (Å²) in [4.78, 5) is 11.9. The van der Waals surface area contributed by atoms with Crippen LogP contribution in [0.15, 0.2) is 46.9 Å². The second kappa shape index (κ2) is 7.11. The largest absolute Gasteiger partial charge is 0.375 e. The van der Waals surface area contributed by atoms with Gasteiger partial charge in [-0.15, -0.1) is 0 Å². The Hall–Kier alpha value is -2.03. The minimum Gasteiger partial charge on any atom is -0.375 e. The van der Waals surface area contributed by atoms with E-state index >= 15 is 0 Å². The van der Waals surface area contributed by atoms with Crippen molar-refractivity contribution in [2.45, 2.75) is 0 Å². The normalized spacial score (nSPS) is 9.76. The Kier molecular flexibility index (Phi) is 5.20. The zero-order chi connectivity index (χ0) is 15.2. The first-order chi connectivity index (χ1) is 10.1. The van der Waals surface area contributed by atoms with Crippen molar-refractivity contribution in [2.24, 2.45) is 0 Å². The number of carbonyl (C=O) groups is 1. The summed E-state index contributed by atoms with van der Waals surface area (Å²) in [5.74, 6) is -0.202. The Labute approximate surface area is 135 Å². The van der Waals surface area contributed by atoms with Gasteiger partial charge >= 0.3 is 0 Å². The maximum absolute atomic E-state index is 11.9. The van der Waals surface area contributed by atoms with Gasteiger partial charge in [0.2, 0.25) is 5.91 Å². The number of nitrogens with zero attached hydrogens (tertiary/aromatic N) is 1. The van der Waals surface area contributed by atoms with Gasteiger partial charge in [-0.05, 0) is 36.4 Å². The van der Waals surface area contributed by atoms with Crippen LogP contribution >= 0.6 is 27.5 Å². The standard InChI is InChI=1S/C15H11BrClN3O/c16-11-2-1-3-12(7-11)20-15(21)9-19-14-6-10(8-18)4-5-13(14)17/h1-7,19H,9H2,(H,20,21). The van der Waals surface area contributed by atoms with Crippen molar-refractivity contribution in [1.29, 1.82) is 5.26 Å². The molecule has 0 aromatic heterocycles. The molecule has 0 atom stereocenters. The summed E-state index contributed by atoms with van der Waals surface area (Å²) >= 11 is 9.35. The van der Waals surface area contributed by atoms with Crippen LogP contribution in [0.5, 0.6) is 0 Å². The van der Waals surface area contributed by atoms with E-state index in [1.165, 1.54) is 0 Å². The quantitative estimate of drug-likeness (QED) is 0.861. The Morgan fingerprint density at radius 1 is 1.29 bits per heavy atom. The van der Waals surface area contributed by atoms with Crippen molar-refractivity contribution >= 4 is 44.8 Å². The Morgan fingerprint density at radius 2 is 2.10 bits per heavy atom. The smallest absolute Gasteiger partial charge is 0.243 e. The number of benzene rings is 2. The van der Waals surface area contributed by atoms with Crippen molar-refractivity contribution in [1.82, 2.24) is 0 Å². The first-order valence-corrected chi connectivity index (χ1v) is 7.24. The third-order valence-corrected chi connectivity index (χ3v) is 3.47. The van der Waals surface area contributed by atoms with E-state index in [1.807, 2.05) is 18.2 Å². The summed E-state index contributed by atoms with van der Waals surface area (Å²) in [5, 5.41) is 15.0. The molecule has 0 bridgehead atoms. The summed E-state index contributed by atoms with van der Waals surface area (Å²) in [5.41, 5.74) is 1.74. The van der Waals surface area contributed by atoms with Gasteiger partial charge in [0.1, 0.15) is 0 Å². The van der Waals surface area contributed by atoms with Crippen molar-refractivity contribution in [2.75, 3.05) is 17.2 Å². The van der Waals surface area contributed by atoms with E-state index in [1.54, 1.807) is 30.3 Å². The first-order valence-electron chi connectivity index (χ1n) is 6.07. The van der Waals surface area contributed by atoms with Gasteiger partial charge in [-0.2, -0.15) is 5.26 Å². The number of nitriles is 1. The average Bonchev–Trinajstić information content (AvgIpc) is 2.46. The summed E-state index contributed by atoms with van der Waals surface area (Å²) in [7, 11) is 0. The predicted octanol–water partition coefficient (Wildman–Crippen LogP) is 4.02. The molecule has 2 aromatic carbocycles. The SMILES string of the molecule is N#Cc1ccc(Cl)c(NCC(=O)Nc2cccc(Br)c2)c1. The molecule has 106 valence electrons. The third-order valence-electron chi connectivity index (χ3n) is 2.64. The van der Waals surface area contributed by atoms with Gasteiger partial charge in [0.05, 0.1) is 28.9 Å². The lowest BCUT2D eigenvalue weighted by molar-refractivity contribution is -0.114. The monoisotopic (exact) mass is 363 g/mol. The Balaban J connectivity index is 1.97. The van der Waals surface area contributed by atoms with Crippen LogP contribution < -0.4 is 10.6 Å². The molecule has 4 nitrogen and oxygen atoms in total. The summed E-state index contributed by atoms with van der Waals surface area (Å²) in [6.07, 6.45) is 0. The highest BCUT2D eigenvalue weighted by Gasteiger charge is 2.06. The summed E-state index contributed by atoms with van der Waals surface area (Å²) in [6.45, 7) is 0.0567. The van der Waals surface area contributed by atoms with Crippen molar-refractivity contribution < 1.29 is 4.79 Å². The van der Waals surface area contributed by atoms with Crippen molar-refractivity contribution in [3.8, 4) is 6.07 Å². The summed E-state index contributed by atoms with van der Waals surface area (Å²) < 4.78 is 0.887. The molecule has 21 heavy (non-hydrogen) atoms. The highest BCUT2D eigenvalue weighted by molar-refractivity contribution is 9.10. The molecule has 0 aliphatic carbocycles. The highest BCUT2D eigenvalue weighted by Crippen LogP contribution is 2.22. The van der Waals surface area contributed by atoms with Crippen LogP contribution in [-0.4, -0.2) is 12.5 Å². The van der Waals surface area contributed by atoms with E-state index in [0.717, 1.165) is 4.47 Å². The van der Waals surface area contributed by atoms with Gasteiger partial charge in [0.25, 0.3) is 0 Å². The van der Waals surface area contributed by atoms with Crippen LogP contribution in [0.2, 0.25) is 5.02 Å². The molecule has 0 fully saturated rings. The van der Waals surface area contributed by atoms with Crippen LogP contribution in [-0.2, 0) is 4.79 Å². The molecule has 6 heteroatoms. The van der Waals surface area contributed by atoms with Crippen LogP contribution in [0.3, 0.4) is 0 Å². The molecule has 2 aromatic rings. The van der Waals surface area contributed by atoms with Gasteiger partial charge in [-0.1, -0.05) is 33.6 Å². The minimum atomic E-state index is -0.202. The zero-order valence-electron chi connectivity index (χ0n) is 10.9. The molecular weight excluding hydrogens is 354 g/mol. The molecule has 0 heterocycles. The molecule has 2 N–H and O–H groups in total. The van der Waals surface area contributed by atoms with E-state index in [-0.39, 0.29) is 12.5 Å². The zero-order valence-corrected chi connectivity index (χ0v) is 13.2. The number of hydrogen-bond acceptors (Lipinski definition) is 3. The van der Waals surface area contributed by atoms with Gasteiger partial charge in [-0.25, -0.2) is 0 Å². The molecule has 2 rings (SSSR count). The fourth-order valence-electron chi connectivity index (χ4n) is 1.68. The average molecular weight is 365 g/mol. The Bertz CT molecular complexity index is 712. The number of carbonyl (C=O) groups excluding carboxylic acids is 1. The van der Waals surface area contributed by atoms with E-state index in [0.29, 0.717) is 22.0 Å². The predicted molar refractivity (Wildman–Crippen MR) is 87.4 cm³/mol. The second-order valence-electron chi connectivity index (χ2n) is 4.22. The third kappa shape index (κ3) is 4.48. The van der Waals surface area contributed by atoms with E-state index in [2.05, 4.69) is 26.6 Å². The molecule has 0 saturated carbocycles. The van der Waals surface area contributed by atoms with Crippen LogP contribution in [0.25, 0.3) is 0 Å². The van der Waals surface area contributed by atoms with Crippen molar-refractivity contribution in [3.63, 3.8) is 0 Å². The maximum Gasteiger partial charge on any atom is 0.243 e. The van der Waals surface area contributed by atoms with Crippen LogP contribution in [0, 0.1) is 11.3 Å². The van der Waals surface area contributed by atoms with Gasteiger partial charge in [0.15, 0.2) is 0 Å². The number of nitrogens with one attached hydrogen (secondary N) is 2. The number of halogens is 2. The molecule has 0 spiro atoms. The van der Waals surface area contributed by atoms with E-state index in [4.69, 9.17) is 16.9 Å². The maximum atomic E-state index is 11.9. The molecule has 0 aliphatic heterocycles. The number of hydrogen-bond donors (Lipinski definition) is 2. The number of anilines is 2. The second-order valence-corrected chi connectivity index (χ2v) is 5.54. The highest BCUT2D eigenvalue weighted by atomic mass is 79.9. The molecule has 0 unspecified atom stereocenters. The van der Waals surface area contributed by atoms with Crippen LogP contribution in [0.4, 0.5) is 11.4 Å². The lowest BCUT2D eigenvalue weighted by Crippen LogP contribution is -2.21. The molecule has 0 saturated heterocycles. The van der Waals surface area contributed by atoms with Gasteiger partial charge in [-0.3, -0.25) is 4.79 Å². The van der Waals surface area contributed by atoms with Gasteiger partial charge in [0, 0.05) is 10.2 Å². The van der Waals surface area contributed by atoms with Gasteiger partial charge < -0.3 is 10.6 Å². The molecule has 0 aliphatic rings. The van der Waals surface area contributed by atoms with E-state index < -0.39 is 0 Å². The topological polar surface area (TPSA) is 64.9 Å². The lowest BCUT2D eigenvalue weighted by Gasteiger charge is -2.09. The van der Waals surface area contributed by atoms with E-state index in [9.17, 15) is 4.79 Å². The summed E-state index contributed by atoms with van der Waals surface area (Å²) in [6, 6.07) is 14.2. The van der Waals surface area contributed by atoms with Crippen LogP contribution in [0.1, 0.15) is 5.56 Å².